The van der Waals surface area contributed by atoms with Crippen molar-refractivity contribution in [1.82, 2.24) is 0 Å². The third-order valence-electron chi connectivity index (χ3n) is 14.3. The third-order valence-corrected chi connectivity index (χ3v) is 14.3. The molecular formula is C56H106O8. The Bertz CT molecular complexity index is 1320. The predicted molar refractivity (Wildman–Crippen MR) is 267 cm³/mol. The summed E-state index contributed by atoms with van der Waals surface area (Å²) >= 11 is 0. The average Bonchev–Trinajstić information content (AvgIpc) is 3.87. The number of esters is 4. The second-order valence-corrected chi connectivity index (χ2v) is 22.7. The average molecular weight is 907 g/mol. The highest BCUT2D eigenvalue weighted by molar-refractivity contribution is 5.73. The maximum atomic E-state index is 11.9. The van der Waals surface area contributed by atoms with Gasteiger partial charge in [0.05, 0.1) is 23.7 Å². The summed E-state index contributed by atoms with van der Waals surface area (Å²) < 4.78 is 22.3. The van der Waals surface area contributed by atoms with Crippen molar-refractivity contribution >= 4 is 23.9 Å². The van der Waals surface area contributed by atoms with Crippen molar-refractivity contribution in [3.05, 3.63) is 0 Å². The number of hydrogen-bond acceptors (Lipinski definition) is 8. The van der Waals surface area contributed by atoms with Gasteiger partial charge < -0.3 is 18.9 Å². The monoisotopic (exact) mass is 907 g/mol. The molecule has 3 atom stereocenters. The second-order valence-electron chi connectivity index (χ2n) is 22.7. The second kappa shape index (κ2) is 28.3. The molecule has 64 heavy (non-hydrogen) atoms. The molecule has 0 N–H and O–H groups in total. The summed E-state index contributed by atoms with van der Waals surface area (Å²) in [5.41, 5.74) is -1.03. The minimum absolute atomic E-state index is 0.0000246. The predicted octanol–water partition coefficient (Wildman–Crippen LogP) is 15.4. The number of rotatable bonds is 9. The number of ether oxygens (including phenoxy) is 4. The Kier molecular flexibility index (Phi) is 27.3. The van der Waals surface area contributed by atoms with Gasteiger partial charge in [0.15, 0.2) is 0 Å². The molecule has 7 aliphatic carbocycles. The van der Waals surface area contributed by atoms with E-state index in [1.54, 1.807) is 0 Å². The molecule has 7 aliphatic rings. The van der Waals surface area contributed by atoms with Crippen LogP contribution >= 0.6 is 0 Å². The van der Waals surface area contributed by atoms with E-state index in [0.717, 1.165) is 23.7 Å². The SMILES string of the molecule is CC.CC.CC.CC(C)C(=O)OC(C)(C)C.CC(C)C(=O)OC(C)(C)C1CC2CCC1C2.CC(C)C(=O)OC(C)(C)C1CCCCC1.CC(C)C(=O)OC1(C)C2CC3CC(C2)CC1C3. The Labute approximate surface area is 396 Å². The summed E-state index contributed by atoms with van der Waals surface area (Å²) in [6.07, 6.45) is 18.3. The first-order valence-corrected chi connectivity index (χ1v) is 26.6. The van der Waals surface area contributed by atoms with E-state index in [1.165, 1.54) is 89.9 Å². The van der Waals surface area contributed by atoms with Crippen LogP contribution in [0, 0.1) is 71.0 Å². The number of carbonyl (C=O) groups is 4. The number of hydrogen-bond donors (Lipinski definition) is 0. The zero-order valence-electron chi connectivity index (χ0n) is 46.1. The van der Waals surface area contributed by atoms with Crippen LogP contribution in [0.4, 0.5) is 0 Å². The fourth-order valence-corrected chi connectivity index (χ4v) is 10.8. The van der Waals surface area contributed by atoms with Gasteiger partial charge in [-0.1, -0.05) is 123 Å². The number of fused-ring (bicyclic) bond motifs is 2. The third kappa shape index (κ3) is 19.6. The molecular weight excluding hydrogens is 801 g/mol. The summed E-state index contributed by atoms with van der Waals surface area (Å²) in [7, 11) is 0. The van der Waals surface area contributed by atoms with E-state index in [-0.39, 0.29) is 70.0 Å². The Hall–Kier alpha value is -2.12. The molecule has 7 fully saturated rings. The Morgan fingerprint density at radius 2 is 0.844 bits per heavy atom. The molecule has 0 amide bonds. The van der Waals surface area contributed by atoms with E-state index in [4.69, 9.17) is 18.9 Å². The van der Waals surface area contributed by atoms with Crippen molar-refractivity contribution in [1.29, 1.82) is 0 Å². The van der Waals surface area contributed by atoms with Gasteiger partial charge in [-0.2, -0.15) is 0 Å². The smallest absolute Gasteiger partial charge is 0.308 e. The maximum Gasteiger partial charge on any atom is 0.308 e. The Balaban J connectivity index is 0.000000806. The first-order valence-electron chi connectivity index (χ1n) is 26.6. The summed E-state index contributed by atoms with van der Waals surface area (Å²) in [5, 5.41) is 0. The normalized spacial score (nSPS) is 27.6. The van der Waals surface area contributed by atoms with Gasteiger partial charge >= 0.3 is 23.9 Å². The minimum Gasteiger partial charge on any atom is -0.460 e. The van der Waals surface area contributed by atoms with Gasteiger partial charge in [-0.15, -0.1) is 0 Å². The Morgan fingerprint density at radius 1 is 0.453 bits per heavy atom. The summed E-state index contributed by atoms with van der Waals surface area (Å²) in [6, 6.07) is 0. The summed E-state index contributed by atoms with van der Waals surface area (Å²) in [5.74, 6) is 5.70. The van der Waals surface area contributed by atoms with Crippen molar-refractivity contribution in [2.45, 2.75) is 265 Å². The van der Waals surface area contributed by atoms with Crippen LogP contribution in [0.3, 0.4) is 0 Å². The molecule has 0 saturated heterocycles. The highest BCUT2D eigenvalue weighted by Gasteiger charge is 2.57. The molecule has 8 heteroatoms. The first kappa shape index (κ1) is 61.9. The van der Waals surface area contributed by atoms with Gasteiger partial charge in [0.2, 0.25) is 0 Å². The lowest BCUT2D eigenvalue weighted by atomic mass is 9.50. The molecule has 378 valence electrons. The van der Waals surface area contributed by atoms with Gasteiger partial charge in [0.1, 0.15) is 22.4 Å². The fourth-order valence-electron chi connectivity index (χ4n) is 10.8. The van der Waals surface area contributed by atoms with Crippen LogP contribution in [0.15, 0.2) is 0 Å². The summed E-state index contributed by atoms with van der Waals surface area (Å²) in [4.78, 5) is 46.1. The quantitative estimate of drug-likeness (QED) is 0.166. The van der Waals surface area contributed by atoms with Crippen LogP contribution in [-0.4, -0.2) is 46.3 Å². The lowest BCUT2D eigenvalue weighted by molar-refractivity contribution is -0.206. The van der Waals surface area contributed by atoms with Crippen molar-refractivity contribution in [3.8, 4) is 0 Å². The van der Waals surface area contributed by atoms with Gasteiger partial charge in [-0.25, -0.2) is 0 Å². The van der Waals surface area contributed by atoms with E-state index in [0.29, 0.717) is 23.7 Å². The molecule has 0 aromatic rings. The van der Waals surface area contributed by atoms with Crippen LogP contribution in [0.5, 0.6) is 0 Å². The Morgan fingerprint density at radius 3 is 1.17 bits per heavy atom. The molecule has 7 rings (SSSR count). The standard InChI is InChI=1S/C15H24O2.C14H24O2.C13H24O2.C8H16O2.3C2H6/c1-9(2)14(16)17-15(3)12-5-10-4-11(7-12)8-13(15)6-10;1-9(2)13(15)16-14(3,4)12-8-10-5-6-11(12)7-10;1-10(2)12(14)15-13(3,4)11-8-6-5-7-9-11;1-6(2)7(9)10-8(3,4)5;3*1-2/h9-13H,4-8H2,1-3H3;9-12H,5-8H2,1-4H3;10-11H,5-9H2,1-4H3;6H,1-5H3;3*1-2H3. The molecule has 0 heterocycles. The molecule has 8 nitrogen and oxygen atoms in total. The topological polar surface area (TPSA) is 105 Å². The van der Waals surface area contributed by atoms with Gasteiger partial charge in [-0.3, -0.25) is 19.2 Å². The largest absolute Gasteiger partial charge is 0.460 e. The van der Waals surface area contributed by atoms with Crippen LogP contribution < -0.4 is 0 Å². The van der Waals surface area contributed by atoms with Gasteiger partial charge in [-0.05, 0) is 161 Å². The summed E-state index contributed by atoms with van der Waals surface area (Å²) in [6.45, 7) is 43.2. The van der Waals surface area contributed by atoms with Crippen molar-refractivity contribution in [2.24, 2.45) is 71.0 Å². The highest BCUT2D eigenvalue weighted by atomic mass is 16.6. The van der Waals surface area contributed by atoms with E-state index in [1.807, 2.05) is 118 Å². The maximum absolute atomic E-state index is 11.9. The van der Waals surface area contributed by atoms with E-state index in [9.17, 15) is 19.2 Å². The van der Waals surface area contributed by atoms with E-state index in [2.05, 4.69) is 34.6 Å². The highest BCUT2D eigenvalue weighted by Crippen LogP contribution is 2.59. The zero-order valence-corrected chi connectivity index (χ0v) is 46.1. The molecule has 6 bridgehead atoms. The van der Waals surface area contributed by atoms with Crippen LogP contribution in [0.1, 0.15) is 242 Å². The van der Waals surface area contributed by atoms with Crippen molar-refractivity contribution in [3.63, 3.8) is 0 Å². The van der Waals surface area contributed by atoms with Crippen LogP contribution in [0.25, 0.3) is 0 Å². The lowest BCUT2D eigenvalue weighted by Gasteiger charge is -2.59. The van der Waals surface area contributed by atoms with Crippen LogP contribution in [-0.2, 0) is 38.1 Å². The minimum atomic E-state index is -0.346. The van der Waals surface area contributed by atoms with Gasteiger partial charge in [0, 0.05) is 5.92 Å². The van der Waals surface area contributed by atoms with Crippen molar-refractivity contribution < 1.29 is 38.1 Å². The van der Waals surface area contributed by atoms with Gasteiger partial charge in [0.25, 0.3) is 0 Å². The molecule has 0 aliphatic heterocycles. The zero-order chi connectivity index (χ0) is 50.0. The van der Waals surface area contributed by atoms with Crippen LogP contribution in [0.2, 0.25) is 0 Å². The first-order chi connectivity index (χ1) is 29.6. The van der Waals surface area contributed by atoms with E-state index >= 15 is 0 Å². The van der Waals surface area contributed by atoms with Crippen molar-refractivity contribution in [2.75, 3.05) is 0 Å². The lowest BCUT2D eigenvalue weighted by Crippen LogP contribution is -2.58. The molecule has 7 saturated carbocycles. The molecule has 0 aromatic carbocycles. The van der Waals surface area contributed by atoms with E-state index < -0.39 is 0 Å². The molecule has 0 spiro atoms. The molecule has 0 radical (unpaired) electrons. The number of carbonyl (C=O) groups excluding carboxylic acids is 4. The fraction of sp³-hybridized carbons (Fsp3) is 0.929. The molecule has 0 aromatic heterocycles. The molecule has 3 unspecified atom stereocenters.